The minimum absolute atomic E-state index is 0.149. The molecule has 0 spiro atoms. The third-order valence-electron chi connectivity index (χ3n) is 4.90. The number of carbonyl (C=O) groups is 2. The molecule has 3 rings (SSSR count). The molecule has 31 heavy (non-hydrogen) atoms. The number of nitrogens with zero attached hydrogens (tertiary/aromatic N) is 2. The van der Waals surface area contributed by atoms with Crippen LogP contribution in [0.5, 0.6) is 0 Å². The van der Waals surface area contributed by atoms with Crippen LogP contribution >= 0.6 is 46.4 Å². The molecule has 1 aliphatic rings. The van der Waals surface area contributed by atoms with Gasteiger partial charge in [0.05, 0.1) is 0 Å². The molecular weight excluding hydrogens is 478 g/mol. The van der Waals surface area contributed by atoms with E-state index in [1.807, 2.05) is 0 Å². The number of benzene rings is 2. The lowest BCUT2D eigenvalue weighted by atomic mass is 10.2. The smallest absolute Gasteiger partial charge is 0.246 e. The number of halogens is 4. The number of hydrogen-bond donors (Lipinski definition) is 0. The third-order valence-corrected chi connectivity index (χ3v) is 6.22. The van der Waals surface area contributed by atoms with Gasteiger partial charge in [0.2, 0.25) is 11.8 Å². The summed E-state index contributed by atoms with van der Waals surface area (Å²) in [6.45, 7) is 1.99. The number of carbonyl (C=O) groups excluding carboxylic acids is 2. The Morgan fingerprint density at radius 2 is 1.00 bits per heavy atom. The van der Waals surface area contributed by atoms with E-state index in [-0.39, 0.29) is 11.8 Å². The molecule has 1 aliphatic heterocycles. The van der Waals surface area contributed by atoms with Gasteiger partial charge >= 0.3 is 0 Å². The van der Waals surface area contributed by atoms with E-state index in [9.17, 15) is 9.59 Å². The normalized spacial score (nSPS) is 15.0. The Kier molecular flexibility index (Phi) is 8.44. The number of amides is 2. The Balaban J connectivity index is 1.61. The van der Waals surface area contributed by atoms with Crippen LogP contribution in [-0.4, -0.2) is 47.8 Å². The standard InChI is InChI=1S/C23H20Cl4N2O2/c24-18-4-1-5-19(25)16(18)8-10-22(30)28-12-3-13-29(15-14-28)23(31)11-9-17-20(26)6-2-7-21(17)27/h1-2,4-11H,3,12-15H2/b10-8+,11-9+. The van der Waals surface area contributed by atoms with Crippen molar-refractivity contribution in [2.45, 2.75) is 6.42 Å². The van der Waals surface area contributed by atoms with Crippen molar-refractivity contribution in [2.75, 3.05) is 26.2 Å². The summed E-state index contributed by atoms with van der Waals surface area (Å²) in [7, 11) is 0. The third kappa shape index (κ3) is 6.27. The van der Waals surface area contributed by atoms with Crippen molar-refractivity contribution in [1.82, 2.24) is 9.80 Å². The first-order valence-corrected chi connectivity index (χ1v) is 11.2. The molecular formula is C23H20Cl4N2O2. The maximum Gasteiger partial charge on any atom is 0.246 e. The lowest BCUT2D eigenvalue weighted by Crippen LogP contribution is -2.36. The van der Waals surface area contributed by atoms with Gasteiger partial charge in [0, 0.05) is 69.5 Å². The molecule has 0 radical (unpaired) electrons. The van der Waals surface area contributed by atoms with Gasteiger partial charge in [0.25, 0.3) is 0 Å². The summed E-state index contributed by atoms with van der Waals surface area (Å²) in [5, 5.41) is 1.92. The fraction of sp³-hybridized carbons (Fsp3) is 0.217. The second-order valence-electron chi connectivity index (χ2n) is 6.94. The van der Waals surface area contributed by atoms with Crippen molar-refractivity contribution >= 4 is 70.4 Å². The van der Waals surface area contributed by atoms with Gasteiger partial charge in [-0.1, -0.05) is 58.5 Å². The van der Waals surface area contributed by atoms with Gasteiger partial charge in [-0.05, 0) is 42.8 Å². The van der Waals surface area contributed by atoms with E-state index in [4.69, 9.17) is 46.4 Å². The van der Waals surface area contributed by atoms with Gasteiger partial charge < -0.3 is 9.80 Å². The van der Waals surface area contributed by atoms with Crippen molar-refractivity contribution in [2.24, 2.45) is 0 Å². The van der Waals surface area contributed by atoms with Crippen molar-refractivity contribution in [3.8, 4) is 0 Å². The summed E-state index contributed by atoms with van der Waals surface area (Å²) in [6.07, 6.45) is 6.85. The largest absolute Gasteiger partial charge is 0.337 e. The van der Waals surface area contributed by atoms with Crippen LogP contribution in [0.2, 0.25) is 20.1 Å². The fourth-order valence-corrected chi connectivity index (χ4v) is 4.27. The first kappa shape index (κ1) is 23.7. The highest BCUT2D eigenvalue weighted by atomic mass is 35.5. The van der Waals surface area contributed by atoms with Gasteiger partial charge in [-0.3, -0.25) is 9.59 Å². The summed E-state index contributed by atoms with van der Waals surface area (Å²) in [5.41, 5.74) is 1.21. The number of rotatable bonds is 4. The molecule has 0 atom stereocenters. The molecule has 162 valence electrons. The van der Waals surface area contributed by atoms with Crippen LogP contribution in [0.3, 0.4) is 0 Å². The maximum absolute atomic E-state index is 12.6. The summed E-state index contributed by atoms with van der Waals surface area (Å²) >= 11 is 24.6. The van der Waals surface area contributed by atoms with E-state index >= 15 is 0 Å². The second kappa shape index (κ2) is 11.1. The summed E-state index contributed by atoms with van der Waals surface area (Å²) in [5.74, 6) is -0.299. The predicted molar refractivity (Wildman–Crippen MR) is 129 cm³/mol. The summed E-state index contributed by atoms with van der Waals surface area (Å²) in [4.78, 5) is 28.7. The van der Waals surface area contributed by atoms with Crippen LogP contribution in [0.4, 0.5) is 0 Å². The minimum Gasteiger partial charge on any atom is -0.337 e. The maximum atomic E-state index is 12.6. The lowest BCUT2D eigenvalue weighted by Gasteiger charge is -2.20. The predicted octanol–water partition coefficient (Wildman–Crippen LogP) is 6.09. The molecule has 0 aliphatic carbocycles. The summed E-state index contributed by atoms with van der Waals surface area (Å²) < 4.78 is 0. The molecule has 0 bridgehead atoms. The van der Waals surface area contributed by atoms with E-state index in [0.717, 1.165) is 0 Å². The van der Waals surface area contributed by atoms with E-state index in [1.54, 1.807) is 58.4 Å². The first-order chi connectivity index (χ1) is 14.9. The average molecular weight is 498 g/mol. The number of hydrogen-bond acceptors (Lipinski definition) is 2. The van der Waals surface area contributed by atoms with Crippen molar-refractivity contribution in [3.63, 3.8) is 0 Å². The topological polar surface area (TPSA) is 40.6 Å². The zero-order valence-electron chi connectivity index (χ0n) is 16.5. The van der Waals surface area contributed by atoms with Crippen LogP contribution in [0.15, 0.2) is 48.6 Å². The molecule has 1 fully saturated rings. The Hall–Kier alpha value is -1.98. The van der Waals surface area contributed by atoms with Gasteiger partial charge in [0.15, 0.2) is 0 Å². The SMILES string of the molecule is O=C(/C=C/c1c(Cl)cccc1Cl)N1CCCN(C(=O)/C=C/c2c(Cl)cccc2Cl)CC1. The highest BCUT2D eigenvalue weighted by molar-refractivity contribution is 6.37. The molecule has 0 unspecified atom stereocenters. The van der Waals surface area contributed by atoms with E-state index < -0.39 is 0 Å². The van der Waals surface area contributed by atoms with Crippen molar-refractivity contribution < 1.29 is 9.59 Å². The quantitative estimate of drug-likeness (QED) is 0.479. The zero-order valence-corrected chi connectivity index (χ0v) is 19.6. The second-order valence-corrected chi connectivity index (χ2v) is 8.57. The van der Waals surface area contributed by atoms with Crippen LogP contribution in [-0.2, 0) is 9.59 Å². The van der Waals surface area contributed by atoms with Crippen LogP contribution in [0.1, 0.15) is 17.5 Å². The van der Waals surface area contributed by atoms with E-state index in [2.05, 4.69) is 0 Å². The Bertz CT molecular complexity index is 914. The lowest BCUT2D eigenvalue weighted by molar-refractivity contribution is -0.128. The Morgan fingerprint density at radius 1 is 0.645 bits per heavy atom. The molecule has 2 amide bonds. The Morgan fingerprint density at radius 3 is 1.35 bits per heavy atom. The highest BCUT2D eigenvalue weighted by Crippen LogP contribution is 2.26. The monoisotopic (exact) mass is 496 g/mol. The van der Waals surface area contributed by atoms with Gasteiger partial charge in [-0.15, -0.1) is 0 Å². The van der Waals surface area contributed by atoms with E-state index in [1.165, 1.54) is 12.2 Å². The average Bonchev–Trinajstić information content (AvgIpc) is 2.99. The van der Waals surface area contributed by atoms with Crippen LogP contribution < -0.4 is 0 Å². The molecule has 4 nitrogen and oxygen atoms in total. The van der Waals surface area contributed by atoms with Gasteiger partial charge in [0.1, 0.15) is 0 Å². The van der Waals surface area contributed by atoms with Crippen molar-refractivity contribution in [3.05, 3.63) is 79.8 Å². The van der Waals surface area contributed by atoms with Crippen LogP contribution in [0, 0.1) is 0 Å². The molecule has 8 heteroatoms. The molecule has 0 saturated carbocycles. The Labute approximate surface area is 201 Å². The van der Waals surface area contributed by atoms with Gasteiger partial charge in [-0.2, -0.15) is 0 Å². The van der Waals surface area contributed by atoms with E-state index in [0.29, 0.717) is 63.8 Å². The molecule has 2 aromatic carbocycles. The molecule has 1 heterocycles. The fourth-order valence-electron chi connectivity index (χ4n) is 3.22. The van der Waals surface area contributed by atoms with Gasteiger partial charge in [-0.25, -0.2) is 0 Å². The van der Waals surface area contributed by atoms with Crippen LogP contribution in [0.25, 0.3) is 12.2 Å². The molecule has 2 aromatic rings. The summed E-state index contributed by atoms with van der Waals surface area (Å²) in [6, 6.07) is 10.4. The first-order valence-electron chi connectivity index (χ1n) is 9.69. The highest BCUT2D eigenvalue weighted by Gasteiger charge is 2.20. The van der Waals surface area contributed by atoms with Crippen molar-refractivity contribution in [1.29, 1.82) is 0 Å². The minimum atomic E-state index is -0.149. The zero-order chi connectivity index (χ0) is 22.4. The molecule has 1 saturated heterocycles. The molecule has 0 aromatic heterocycles. The molecule has 0 N–H and O–H groups in total.